The van der Waals surface area contributed by atoms with E-state index in [2.05, 4.69) is 22.5 Å². The number of esters is 1. The second kappa shape index (κ2) is 13.7. The van der Waals surface area contributed by atoms with Crippen molar-refractivity contribution in [2.45, 2.75) is 39.0 Å². The van der Waals surface area contributed by atoms with Crippen LogP contribution in [0.25, 0.3) is 0 Å². The molecule has 0 aliphatic carbocycles. The Bertz CT molecular complexity index is 1040. The van der Waals surface area contributed by atoms with E-state index < -0.39 is 18.3 Å². The molecular weight excluding hydrogens is 490 g/mol. The lowest BCUT2D eigenvalue weighted by Crippen LogP contribution is -2.47. The van der Waals surface area contributed by atoms with Gasteiger partial charge < -0.3 is 34.7 Å². The number of nitrogens with zero attached hydrogens (tertiary/aromatic N) is 1. The molecule has 2 aromatic carbocycles. The molecule has 2 amide bonds. The number of amides is 2. The maximum Gasteiger partial charge on any atom is 0.325 e. The zero-order valence-corrected chi connectivity index (χ0v) is 21.9. The lowest BCUT2D eigenvalue weighted by Gasteiger charge is -2.43. The van der Waals surface area contributed by atoms with E-state index in [1.165, 1.54) is 0 Å². The van der Waals surface area contributed by atoms with E-state index in [0.717, 1.165) is 49.5 Å². The summed E-state index contributed by atoms with van der Waals surface area (Å²) in [4.78, 5) is 25.9. The lowest BCUT2D eigenvalue weighted by atomic mass is 9.90. The second-order valence-electron chi connectivity index (χ2n) is 9.47. The highest BCUT2D eigenvalue weighted by Crippen LogP contribution is 2.42. The number of rotatable bonds is 9. The minimum absolute atomic E-state index is 0.00597. The first-order valence-corrected chi connectivity index (χ1v) is 13.1. The molecule has 0 saturated carbocycles. The number of nitrogens with one attached hydrogen (secondary N) is 2. The Labute approximate surface area is 223 Å². The molecule has 0 unspecified atom stereocenters. The van der Waals surface area contributed by atoms with Crippen molar-refractivity contribution in [3.8, 4) is 0 Å². The molecule has 2 aliphatic rings. The maximum atomic E-state index is 12.1. The Morgan fingerprint density at radius 1 is 1.03 bits per heavy atom. The van der Waals surface area contributed by atoms with Gasteiger partial charge in [-0.25, -0.2) is 4.79 Å². The average Bonchev–Trinajstić information content (AvgIpc) is 2.94. The number of hydrogen-bond donors (Lipinski definition) is 3. The van der Waals surface area contributed by atoms with E-state index in [1.54, 1.807) is 19.1 Å². The third-order valence-electron chi connectivity index (χ3n) is 6.80. The molecule has 10 heteroatoms. The number of ether oxygens (including phenoxy) is 4. The van der Waals surface area contributed by atoms with Crippen molar-refractivity contribution in [3.05, 3.63) is 65.2 Å². The Hall–Kier alpha value is -3.02. The van der Waals surface area contributed by atoms with Crippen LogP contribution in [0, 0.1) is 5.92 Å². The van der Waals surface area contributed by atoms with Crippen LogP contribution in [-0.4, -0.2) is 74.1 Å². The predicted octanol–water partition coefficient (Wildman–Crippen LogP) is 2.99. The standard InChI is InChI=1S/C28H37N3O7/c1-3-36-25(33)16-29-28(34)30-23-10-8-22(9-11-23)27-37-24(17-31-12-14-35-15-13-31)19(2)26(38-27)21-6-4-20(18-32)5-7-21/h4-11,19,24,26-27,32H,3,12-18H2,1-2H3,(H2,29,30,34)/t19-,24+,26+,27+/m1/s1. The molecule has 2 fully saturated rings. The molecule has 3 N–H and O–H groups in total. The highest BCUT2D eigenvalue weighted by Gasteiger charge is 2.39. The molecule has 0 aromatic heterocycles. The van der Waals surface area contributed by atoms with E-state index in [1.807, 2.05) is 36.4 Å². The monoisotopic (exact) mass is 527 g/mol. The van der Waals surface area contributed by atoms with Crippen LogP contribution >= 0.6 is 0 Å². The lowest BCUT2D eigenvalue weighted by molar-refractivity contribution is -0.277. The van der Waals surface area contributed by atoms with Crippen LogP contribution in [0.3, 0.4) is 0 Å². The minimum atomic E-state index is -0.591. The zero-order valence-electron chi connectivity index (χ0n) is 21.9. The molecule has 10 nitrogen and oxygen atoms in total. The largest absolute Gasteiger partial charge is 0.465 e. The number of benzene rings is 2. The highest BCUT2D eigenvalue weighted by atomic mass is 16.7. The summed E-state index contributed by atoms with van der Waals surface area (Å²) in [5.74, 6) is -0.399. The number of aliphatic hydroxyl groups excluding tert-OH is 1. The molecule has 0 bridgehead atoms. The predicted molar refractivity (Wildman–Crippen MR) is 140 cm³/mol. The Morgan fingerprint density at radius 2 is 1.71 bits per heavy atom. The maximum absolute atomic E-state index is 12.1. The number of aliphatic hydroxyl groups is 1. The summed E-state index contributed by atoms with van der Waals surface area (Å²) in [5.41, 5.74) is 3.29. The fourth-order valence-corrected chi connectivity index (χ4v) is 4.63. The molecule has 2 saturated heterocycles. The topological polar surface area (TPSA) is 119 Å². The zero-order chi connectivity index (χ0) is 26.9. The molecule has 4 rings (SSSR count). The van der Waals surface area contributed by atoms with Gasteiger partial charge in [0.05, 0.1) is 38.6 Å². The second-order valence-corrected chi connectivity index (χ2v) is 9.47. The molecule has 4 atom stereocenters. The van der Waals surface area contributed by atoms with Gasteiger partial charge in [0.15, 0.2) is 6.29 Å². The van der Waals surface area contributed by atoms with Crippen molar-refractivity contribution in [2.24, 2.45) is 5.92 Å². The van der Waals surface area contributed by atoms with Crippen LogP contribution < -0.4 is 10.6 Å². The first-order chi connectivity index (χ1) is 18.5. The van der Waals surface area contributed by atoms with Crippen molar-refractivity contribution < 1.29 is 33.6 Å². The molecule has 0 radical (unpaired) electrons. The smallest absolute Gasteiger partial charge is 0.325 e. The Kier molecular flexibility index (Phi) is 10.1. The van der Waals surface area contributed by atoms with Crippen molar-refractivity contribution in [3.63, 3.8) is 0 Å². The average molecular weight is 528 g/mol. The van der Waals surface area contributed by atoms with Gasteiger partial charge in [0.1, 0.15) is 6.54 Å². The first-order valence-electron chi connectivity index (χ1n) is 13.1. The molecule has 2 aliphatic heterocycles. The Balaban J connectivity index is 1.45. The van der Waals surface area contributed by atoms with Crippen molar-refractivity contribution in [1.82, 2.24) is 10.2 Å². The van der Waals surface area contributed by atoms with Gasteiger partial charge in [-0.2, -0.15) is 0 Å². The van der Waals surface area contributed by atoms with E-state index in [-0.39, 0.29) is 37.9 Å². The number of carbonyl (C=O) groups excluding carboxylic acids is 2. The normalized spacial score (nSPS) is 24.0. The third kappa shape index (κ3) is 7.52. The molecule has 2 aromatic rings. The van der Waals surface area contributed by atoms with Gasteiger partial charge in [-0.1, -0.05) is 43.3 Å². The van der Waals surface area contributed by atoms with Crippen LogP contribution in [0.5, 0.6) is 0 Å². The van der Waals surface area contributed by atoms with Crippen molar-refractivity contribution >= 4 is 17.7 Å². The first kappa shape index (κ1) is 28.0. The van der Waals surface area contributed by atoms with Gasteiger partial charge in [0.2, 0.25) is 0 Å². The SMILES string of the molecule is CCOC(=O)CNC(=O)Nc1ccc([C@H]2O[C@@H](CN3CCOCC3)[C@@H](C)[C@@H](c3ccc(CO)cc3)O2)cc1. The summed E-state index contributed by atoms with van der Waals surface area (Å²) in [6, 6.07) is 14.6. The van der Waals surface area contributed by atoms with Gasteiger partial charge in [0.25, 0.3) is 0 Å². The van der Waals surface area contributed by atoms with E-state index in [4.69, 9.17) is 18.9 Å². The number of anilines is 1. The third-order valence-corrected chi connectivity index (χ3v) is 6.80. The van der Waals surface area contributed by atoms with E-state index in [9.17, 15) is 14.7 Å². The summed E-state index contributed by atoms with van der Waals surface area (Å²) >= 11 is 0. The van der Waals surface area contributed by atoms with E-state index in [0.29, 0.717) is 5.69 Å². The summed E-state index contributed by atoms with van der Waals surface area (Å²) in [7, 11) is 0. The van der Waals surface area contributed by atoms with Crippen LogP contribution in [0.1, 0.15) is 42.9 Å². The van der Waals surface area contributed by atoms with Crippen molar-refractivity contribution in [1.29, 1.82) is 0 Å². The fraction of sp³-hybridized carbons (Fsp3) is 0.500. The number of urea groups is 1. The number of carbonyl (C=O) groups is 2. The van der Waals surface area contributed by atoms with Gasteiger partial charge in [-0.15, -0.1) is 0 Å². The van der Waals surface area contributed by atoms with Crippen LogP contribution in [0.2, 0.25) is 0 Å². The van der Waals surface area contributed by atoms with Crippen LogP contribution in [0.15, 0.2) is 48.5 Å². The van der Waals surface area contributed by atoms with Crippen molar-refractivity contribution in [2.75, 3.05) is 51.3 Å². The minimum Gasteiger partial charge on any atom is -0.465 e. The van der Waals surface area contributed by atoms with Gasteiger partial charge in [0, 0.05) is 36.8 Å². The summed E-state index contributed by atoms with van der Waals surface area (Å²) in [6.45, 7) is 7.85. The van der Waals surface area contributed by atoms with E-state index >= 15 is 0 Å². The summed E-state index contributed by atoms with van der Waals surface area (Å²) in [5, 5.41) is 14.6. The molecule has 0 spiro atoms. The Morgan fingerprint density at radius 3 is 2.37 bits per heavy atom. The molecule has 206 valence electrons. The van der Waals surface area contributed by atoms with Crippen LogP contribution in [0.4, 0.5) is 10.5 Å². The molecule has 38 heavy (non-hydrogen) atoms. The summed E-state index contributed by atoms with van der Waals surface area (Å²) in [6.07, 6.45) is -0.855. The number of morpholine rings is 1. The fourth-order valence-electron chi connectivity index (χ4n) is 4.63. The quantitative estimate of drug-likeness (QED) is 0.426. The molecular formula is C28H37N3O7. The number of hydrogen-bond acceptors (Lipinski definition) is 8. The summed E-state index contributed by atoms with van der Waals surface area (Å²) < 4.78 is 23.3. The van der Waals surface area contributed by atoms with Gasteiger partial charge >= 0.3 is 12.0 Å². The van der Waals surface area contributed by atoms with Crippen LogP contribution in [-0.2, 0) is 30.3 Å². The van der Waals surface area contributed by atoms with Gasteiger partial charge in [-0.3, -0.25) is 9.69 Å². The van der Waals surface area contributed by atoms with Gasteiger partial charge in [-0.05, 0) is 30.2 Å². The molecule has 2 heterocycles. The highest BCUT2D eigenvalue weighted by molar-refractivity contribution is 5.91.